The lowest BCUT2D eigenvalue weighted by atomic mass is 9.91. The van der Waals surface area contributed by atoms with Crippen molar-refractivity contribution in [3.8, 4) is 0 Å². The number of nitrogens with zero attached hydrogens (tertiary/aromatic N) is 3. The Morgan fingerprint density at radius 1 is 1.22 bits per heavy atom. The van der Waals surface area contributed by atoms with Gasteiger partial charge in [-0.25, -0.2) is 8.78 Å². The smallest absolute Gasteiger partial charge is 0.268 e. The Balaban J connectivity index is 1.73. The average molecular weight is 519 g/mol. The van der Waals surface area contributed by atoms with E-state index in [4.69, 9.17) is 17.2 Å². The molecule has 3 aliphatic rings. The number of carbonyl (C=O) groups excluding carboxylic acids is 1. The number of carbonyl (C=O) groups is 1. The van der Waals surface area contributed by atoms with Gasteiger partial charge in [0.15, 0.2) is 0 Å². The average Bonchev–Trinajstić information content (AvgIpc) is 3.36. The molecular formula is C24H28F2N6O3S. The number of anilines is 2. The number of halogens is 2. The van der Waals surface area contributed by atoms with Gasteiger partial charge in [0.2, 0.25) is 0 Å². The van der Waals surface area contributed by atoms with Crippen LogP contribution in [0.1, 0.15) is 41.6 Å². The number of piperidine rings is 1. The van der Waals surface area contributed by atoms with Gasteiger partial charge in [-0.15, -0.1) is 0 Å². The highest BCUT2D eigenvalue weighted by Crippen LogP contribution is 2.53. The van der Waals surface area contributed by atoms with Gasteiger partial charge in [-0.2, -0.15) is 0 Å². The zero-order chi connectivity index (χ0) is 25.9. The molecule has 1 amide bonds. The molecule has 192 valence electrons. The largest absolute Gasteiger partial charge is 0.392 e. The van der Waals surface area contributed by atoms with E-state index in [0.29, 0.717) is 36.5 Å². The molecule has 0 saturated carbocycles. The lowest BCUT2D eigenvalue weighted by molar-refractivity contribution is -0.114. The topological polar surface area (TPSA) is 155 Å². The Labute approximate surface area is 210 Å². The van der Waals surface area contributed by atoms with Crippen LogP contribution in [0.15, 0.2) is 35.1 Å². The van der Waals surface area contributed by atoms with E-state index in [9.17, 15) is 23.8 Å². The Morgan fingerprint density at radius 2 is 1.92 bits per heavy atom. The van der Waals surface area contributed by atoms with Crippen molar-refractivity contribution in [1.82, 2.24) is 4.98 Å². The third-order valence-electron chi connectivity index (χ3n) is 7.11. The molecule has 0 spiro atoms. The van der Waals surface area contributed by atoms with E-state index in [1.807, 2.05) is 11.8 Å². The monoisotopic (exact) mass is 518 g/mol. The van der Waals surface area contributed by atoms with Crippen molar-refractivity contribution in [2.45, 2.75) is 43.4 Å². The number of hydrogen-bond acceptors (Lipinski definition) is 9. The predicted molar refractivity (Wildman–Crippen MR) is 132 cm³/mol. The number of aliphatic hydroxyl groups excluding tert-OH is 2. The number of nitrogens with two attached hydrogens (primary N) is 3. The van der Waals surface area contributed by atoms with Crippen LogP contribution in [0.25, 0.3) is 0 Å². The number of fused-ring (bicyclic) bond motifs is 1. The first kappa shape index (κ1) is 24.8. The molecule has 2 aliphatic heterocycles. The van der Waals surface area contributed by atoms with Gasteiger partial charge < -0.3 is 37.2 Å². The van der Waals surface area contributed by atoms with Gasteiger partial charge in [0.25, 0.3) is 5.91 Å². The fourth-order valence-electron chi connectivity index (χ4n) is 5.41. The van der Waals surface area contributed by atoms with E-state index >= 15 is 0 Å². The normalized spacial score (nSPS) is 28.1. The van der Waals surface area contributed by atoms with Crippen molar-refractivity contribution in [3.63, 3.8) is 0 Å². The number of hydrogen-bond donors (Lipinski definition) is 5. The summed E-state index contributed by atoms with van der Waals surface area (Å²) < 4.78 is 29.9. The molecule has 1 aromatic heterocycles. The van der Waals surface area contributed by atoms with Gasteiger partial charge in [-0.05, 0) is 25.0 Å². The molecule has 12 heteroatoms. The fourth-order valence-corrected chi connectivity index (χ4v) is 6.63. The highest BCUT2D eigenvalue weighted by atomic mass is 32.2. The van der Waals surface area contributed by atoms with Crippen LogP contribution < -0.4 is 27.0 Å². The van der Waals surface area contributed by atoms with Gasteiger partial charge in [0, 0.05) is 30.6 Å². The first-order chi connectivity index (χ1) is 17.1. The van der Waals surface area contributed by atoms with Crippen LogP contribution >= 0.6 is 11.8 Å². The van der Waals surface area contributed by atoms with E-state index in [-0.39, 0.29) is 28.8 Å². The molecule has 9 nitrogen and oxygen atoms in total. The first-order valence-corrected chi connectivity index (χ1v) is 12.6. The molecule has 3 heterocycles. The minimum atomic E-state index is -1.07. The summed E-state index contributed by atoms with van der Waals surface area (Å²) in [6.07, 6.45) is 0.956. The van der Waals surface area contributed by atoms with Crippen LogP contribution in [-0.4, -0.2) is 46.3 Å². The number of rotatable bonds is 4. The number of benzene rings is 1. The van der Waals surface area contributed by atoms with Crippen LogP contribution in [0.4, 0.5) is 20.2 Å². The summed E-state index contributed by atoms with van der Waals surface area (Å²) >= 11 is 0.919. The fraction of sp³-hybridized carbons (Fsp3) is 0.417. The Bertz CT molecular complexity index is 1230. The van der Waals surface area contributed by atoms with E-state index in [0.717, 1.165) is 29.5 Å². The van der Waals surface area contributed by atoms with E-state index in [1.54, 1.807) is 0 Å². The molecule has 0 radical (unpaired) electrons. The van der Waals surface area contributed by atoms with Crippen LogP contribution in [0.3, 0.4) is 0 Å². The molecule has 1 saturated heterocycles. The lowest BCUT2D eigenvalue weighted by Gasteiger charge is -2.42. The number of amides is 1. The number of pyridine rings is 1. The van der Waals surface area contributed by atoms with Crippen LogP contribution in [0, 0.1) is 17.6 Å². The molecular weight excluding hydrogens is 490 g/mol. The van der Waals surface area contributed by atoms with E-state index in [1.165, 1.54) is 17.2 Å². The Morgan fingerprint density at radius 3 is 2.56 bits per heavy atom. The summed E-state index contributed by atoms with van der Waals surface area (Å²) in [6, 6.07) is 2.98. The van der Waals surface area contributed by atoms with Crippen molar-refractivity contribution in [3.05, 3.63) is 63.6 Å². The minimum Gasteiger partial charge on any atom is -0.392 e. The second-order valence-corrected chi connectivity index (χ2v) is 10.6. The van der Waals surface area contributed by atoms with Crippen molar-refractivity contribution in [2.24, 2.45) is 23.1 Å². The van der Waals surface area contributed by atoms with Crippen molar-refractivity contribution in [2.75, 3.05) is 22.9 Å². The van der Waals surface area contributed by atoms with Gasteiger partial charge in [0.1, 0.15) is 22.7 Å². The second-order valence-electron chi connectivity index (χ2n) is 9.50. The first-order valence-electron chi connectivity index (χ1n) is 11.7. The van der Waals surface area contributed by atoms with Crippen molar-refractivity contribution < 1.29 is 23.8 Å². The summed E-state index contributed by atoms with van der Waals surface area (Å²) in [5.74, 6) is -2.62. The third-order valence-corrected chi connectivity index (χ3v) is 8.23. The third kappa shape index (κ3) is 3.88. The van der Waals surface area contributed by atoms with E-state index in [2.05, 4.69) is 4.98 Å². The van der Waals surface area contributed by atoms with Crippen molar-refractivity contribution >= 4 is 29.0 Å². The summed E-state index contributed by atoms with van der Waals surface area (Å²) in [4.78, 5) is 20.5. The lowest BCUT2D eigenvalue weighted by Crippen LogP contribution is -2.56. The second kappa shape index (κ2) is 9.18. The summed E-state index contributed by atoms with van der Waals surface area (Å²) in [5, 5.41) is 19.9. The molecule has 1 aromatic carbocycles. The maximum atomic E-state index is 15.0. The highest BCUT2D eigenvalue weighted by molar-refractivity contribution is 8.03. The van der Waals surface area contributed by atoms with Crippen LogP contribution in [-0.2, 0) is 11.2 Å². The number of thioether (sulfide) groups is 1. The summed E-state index contributed by atoms with van der Waals surface area (Å²) in [5.41, 5.74) is 20.0. The maximum Gasteiger partial charge on any atom is 0.268 e. The maximum absolute atomic E-state index is 15.0. The van der Waals surface area contributed by atoms with Crippen LogP contribution in [0.5, 0.6) is 0 Å². The molecule has 8 N–H and O–H groups in total. The number of aliphatic hydroxyl groups is 2. The Kier molecular flexibility index (Phi) is 6.31. The van der Waals surface area contributed by atoms with Gasteiger partial charge in [-0.1, -0.05) is 24.8 Å². The molecule has 0 bridgehead atoms. The van der Waals surface area contributed by atoms with Crippen LogP contribution in [0.2, 0.25) is 0 Å². The highest BCUT2D eigenvalue weighted by Gasteiger charge is 2.43. The number of primary amides is 1. The molecule has 1 aliphatic carbocycles. The minimum absolute atomic E-state index is 0.0285. The SMILES string of the molecule is C[C@H]1CN(c2c(N3C(C(N)=O)=C(N)SC3c3c(F)cccc3F)cnc3c2CC[C@H]3O)C[C@@H](N)[C@@H]1O. The summed E-state index contributed by atoms with van der Waals surface area (Å²) in [6.45, 7) is 2.59. The number of aromatic nitrogens is 1. The standard InChI is InChI=1S/C24H28F2N6O3S/c1-10-8-31(9-14(27)21(10)34)19-11-5-6-16(33)18(11)30-7-15(19)32-20(22(28)35)23(29)36-24(32)17-12(25)3-2-4-13(17)26/h2-4,7,10,14,16,21,24,33-34H,5-6,8-9,27,29H2,1H3,(H2,28,35)/t10-,14+,16+,21+,24?/m0/s1. The van der Waals surface area contributed by atoms with Gasteiger partial charge in [-0.3, -0.25) is 9.78 Å². The molecule has 1 unspecified atom stereocenters. The quantitative estimate of drug-likeness (QED) is 0.403. The van der Waals surface area contributed by atoms with Gasteiger partial charge >= 0.3 is 0 Å². The molecule has 5 atom stereocenters. The molecule has 2 aromatic rings. The molecule has 36 heavy (non-hydrogen) atoms. The Hall–Kier alpha value is -2.93. The zero-order valence-electron chi connectivity index (χ0n) is 19.6. The molecule has 5 rings (SSSR count). The van der Waals surface area contributed by atoms with E-state index < -0.39 is 41.2 Å². The zero-order valence-corrected chi connectivity index (χ0v) is 20.4. The predicted octanol–water partition coefficient (Wildman–Crippen LogP) is 1.35. The summed E-state index contributed by atoms with van der Waals surface area (Å²) in [7, 11) is 0. The van der Waals surface area contributed by atoms with Crippen molar-refractivity contribution in [1.29, 1.82) is 0 Å². The van der Waals surface area contributed by atoms with Gasteiger partial charge in [0.05, 0.1) is 46.1 Å². The molecule has 1 fully saturated rings.